The number of halogens is 4. The maximum absolute atomic E-state index is 12.7. The van der Waals surface area contributed by atoms with E-state index in [0.717, 1.165) is 59.4 Å². The van der Waals surface area contributed by atoms with Gasteiger partial charge in [0.1, 0.15) is 5.82 Å². The van der Waals surface area contributed by atoms with Gasteiger partial charge in [0, 0.05) is 35.9 Å². The predicted octanol–water partition coefficient (Wildman–Crippen LogP) is 5.28. The number of rotatable bonds is 3. The second-order valence-electron chi connectivity index (χ2n) is 7.16. The van der Waals surface area contributed by atoms with Crippen molar-refractivity contribution < 1.29 is 13.2 Å². The van der Waals surface area contributed by atoms with E-state index in [1.54, 1.807) is 0 Å². The molecule has 0 saturated heterocycles. The highest BCUT2D eigenvalue weighted by atomic mass is 79.9. The molecule has 2 aromatic heterocycles. The Balaban J connectivity index is 1.50. The average Bonchev–Trinajstić information content (AvgIpc) is 2.97. The van der Waals surface area contributed by atoms with Gasteiger partial charge in [-0.05, 0) is 37.5 Å². The third-order valence-electron chi connectivity index (χ3n) is 5.23. The van der Waals surface area contributed by atoms with E-state index in [1.807, 2.05) is 25.2 Å². The third kappa shape index (κ3) is 3.85. The van der Waals surface area contributed by atoms with Crippen LogP contribution in [0.5, 0.6) is 0 Å². The Morgan fingerprint density at radius 1 is 1.18 bits per heavy atom. The zero-order chi connectivity index (χ0) is 19.9. The van der Waals surface area contributed by atoms with Crippen LogP contribution in [0.1, 0.15) is 43.0 Å². The van der Waals surface area contributed by atoms with Crippen LogP contribution in [0.15, 0.2) is 35.1 Å². The molecule has 9 heteroatoms. The first kappa shape index (κ1) is 19.2. The summed E-state index contributed by atoms with van der Waals surface area (Å²) in [5.74, 6) is 1.54. The lowest BCUT2D eigenvalue weighted by molar-refractivity contribution is -0.138. The van der Waals surface area contributed by atoms with E-state index in [1.165, 1.54) is 0 Å². The number of hydrogen-bond acceptors (Lipinski definition) is 4. The van der Waals surface area contributed by atoms with Crippen molar-refractivity contribution in [2.75, 3.05) is 5.32 Å². The summed E-state index contributed by atoms with van der Waals surface area (Å²) in [7, 11) is 2.02. The quantitative estimate of drug-likeness (QED) is 0.585. The number of nitrogens with one attached hydrogen (secondary N) is 1. The molecule has 148 valence electrons. The fraction of sp³-hybridized carbons (Fsp3) is 0.421. The van der Waals surface area contributed by atoms with Crippen LogP contribution in [0.4, 0.5) is 19.1 Å². The molecule has 0 unspecified atom stereocenters. The van der Waals surface area contributed by atoms with E-state index in [-0.39, 0.29) is 17.9 Å². The topological polar surface area (TPSA) is 55.6 Å². The Bertz CT molecular complexity index is 984. The van der Waals surface area contributed by atoms with Gasteiger partial charge in [0.15, 0.2) is 0 Å². The molecule has 1 N–H and O–H groups in total. The smallest absolute Gasteiger partial charge is 0.351 e. The van der Waals surface area contributed by atoms with Gasteiger partial charge in [0.25, 0.3) is 0 Å². The summed E-state index contributed by atoms with van der Waals surface area (Å²) < 4.78 is 41.1. The largest absolute Gasteiger partial charge is 0.419 e. The Kier molecular flexibility index (Phi) is 5.03. The first-order valence-electron chi connectivity index (χ1n) is 9.09. The molecular weight excluding hydrogens is 435 g/mol. The van der Waals surface area contributed by atoms with Gasteiger partial charge in [-0.3, -0.25) is 0 Å². The van der Waals surface area contributed by atoms with Crippen LogP contribution in [0.2, 0.25) is 0 Å². The number of alkyl halides is 3. The highest BCUT2D eigenvalue weighted by Gasteiger charge is 2.32. The molecule has 1 fully saturated rings. The van der Waals surface area contributed by atoms with E-state index in [9.17, 15) is 13.2 Å². The van der Waals surface area contributed by atoms with Crippen LogP contribution in [0.3, 0.4) is 0 Å². The number of benzene rings is 1. The molecule has 4 rings (SSSR count). The number of fused-ring (bicyclic) bond motifs is 1. The van der Waals surface area contributed by atoms with Crippen molar-refractivity contribution >= 4 is 32.9 Å². The number of anilines is 1. The fourth-order valence-electron chi connectivity index (χ4n) is 3.84. The lowest BCUT2D eigenvalue weighted by Gasteiger charge is -2.29. The molecule has 1 aliphatic rings. The summed E-state index contributed by atoms with van der Waals surface area (Å²) in [6, 6.07) is 6.15. The monoisotopic (exact) mass is 453 g/mol. The maximum Gasteiger partial charge on any atom is 0.419 e. The van der Waals surface area contributed by atoms with E-state index >= 15 is 0 Å². The summed E-state index contributed by atoms with van der Waals surface area (Å²) in [5, 5.41) is 3.19. The van der Waals surface area contributed by atoms with Gasteiger partial charge in [-0.1, -0.05) is 22.4 Å². The van der Waals surface area contributed by atoms with Gasteiger partial charge in [0.05, 0.1) is 16.6 Å². The van der Waals surface area contributed by atoms with Gasteiger partial charge in [0.2, 0.25) is 5.95 Å². The zero-order valence-electron chi connectivity index (χ0n) is 15.2. The molecule has 5 nitrogen and oxygen atoms in total. The van der Waals surface area contributed by atoms with E-state index in [0.29, 0.717) is 0 Å². The highest BCUT2D eigenvalue weighted by Crippen LogP contribution is 2.35. The summed E-state index contributed by atoms with van der Waals surface area (Å²) in [4.78, 5) is 12.5. The molecule has 0 bridgehead atoms. The van der Waals surface area contributed by atoms with Crippen LogP contribution in [0.25, 0.3) is 11.0 Å². The van der Waals surface area contributed by atoms with Crippen LogP contribution in [-0.2, 0) is 13.2 Å². The van der Waals surface area contributed by atoms with Crippen molar-refractivity contribution in [1.82, 2.24) is 19.5 Å². The van der Waals surface area contributed by atoms with Gasteiger partial charge in [-0.15, -0.1) is 0 Å². The Morgan fingerprint density at radius 2 is 1.93 bits per heavy atom. The highest BCUT2D eigenvalue weighted by molar-refractivity contribution is 9.10. The van der Waals surface area contributed by atoms with E-state index in [2.05, 4.69) is 35.8 Å². The molecule has 28 heavy (non-hydrogen) atoms. The molecule has 2 heterocycles. The van der Waals surface area contributed by atoms with Gasteiger partial charge in [-0.2, -0.15) is 13.2 Å². The molecule has 0 aliphatic heterocycles. The third-order valence-corrected chi connectivity index (χ3v) is 5.72. The number of aryl methyl sites for hydroxylation is 1. The molecule has 0 amide bonds. The minimum absolute atomic E-state index is 0.0991. The van der Waals surface area contributed by atoms with E-state index in [4.69, 9.17) is 4.98 Å². The molecule has 0 radical (unpaired) electrons. The molecule has 2 atom stereocenters. The van der Waals surface area contributed by atoms with Crippen LogP contribution in [0, 0.1) is 0 Å². The lowest BCUT2D eigenvalue weighted by atomic mass is 9.85. The Morgan fingerprint density at radius 3 is 2.64 bits per heavy atom. The molecule has 0 spiro atoms. The fourth-order valence-corrected chi connectivity index (χ4v) is 4.19. The van der Waals surface area contributed by atoms with Crippen molar-refractivity contribution in [3.05, 3.63) is 46.5 Å². The average molecular weight is 454 g/mol. The number of aromatic nitrogens is 4. The van der Waals surface area contributed by atoms with Crippen molar-refractivity contribution in [2.45, 2.75) is 43.8 Å². The van der Waals surface area contributed by atoms with Gasteiger partial charge in [-0.25, -0.2) is 15.0 Å². The molecule has 1 aromatic carbocycles. The summed E-state index contributed by atoms with van der Waals surface area (Å²) in [6.45, 7) is 0. The van der Waals surface area contributed by atoms with Crippen molar-refractivity contribution in [1.29, 1.82) is 0 Å². The first-order chi connectivity index (χ1) is 13.3. The second kappa shape index (κ2) is 7.35. The Hall–Kier alpha value is -2.16. The first-order valence-corrected chi connectivity index (χ1v) is 9.88. The normalized spacial score (nSPS) is 20.5. The minimum atomic E-state index is -4.43. The number of imidazole rings is 1. The van der Waals surface area contributed by atoms with Gasteiger partial charge >= 0.3 is 6.18 Å². The molecule has 3 aromatic rings. The van der Waals surface area contributed by atoms with Crippen LogP contribution >= 0.6 is 15.9 Å². The van der Waals surface area contributed by atoms with E-state index < -0.39 is 11.7 Å². The molecular formula is C19H19BrF3N5. The number of hydrogen-bond donors (Lipinski definition) is 1. The van der Waals surface area contributed by atoms with Gasteiger partial charge < -0.3 is 9.88 Å². The van der Waals surface area contributed by atoms with Crippen molar-refractivity contribution in [2.24, 2.45) is 7.05 Å². The summed E-state index contributed by atoms with van der Waals surface area (Å²) >= 11 is 3.48. The summed E-state index contributed by atoms with van der Waals surface area (Å²) in [6.07, 6.45) is 1.01. The van der Waals surface area contributed by atoms with Crippen LogP contribution in [-0.4, -0.2) is 25.6 Å². The Labute approximate surface area is 168 Å². The standard InChI is InChI=1S/C19H19BrF3N5/c1-28-16-6-5-13(20)8-15(16)27-17(28)11-3-2-4-14(7-11)26-18-24-9-12(10-25-18)19(21,22)23/h5-6,8-11,14H,2-4,7H2,1H3,(H,24,25,26)/t11-,14+/m0/s1. The zero-order valence-corrected chi connectivity index (χ0v) is 16.8. The van der Waals surface area contributed by atoms with Crippen molar-refractivity contribution in [3.8, 4) is 0 Å². The molecule has 1 saturated carbocycles. The predicted molar refractivity (Wildman–Crippen MR) is 104 cm³/mol. The lowest BCUT2D eigenvalue weighted by Crippen LogP contribution is -2.28. The number of nitrogens with zero attached hydrogens (tertiary/aromatic N) is 4. The minimum Gasteiger partial charge on any atom is -0.351 e. The second-order valence-corrected chi connectivity index (χ2v) is 8.08. The SMILES string of the molecule is Cn1c([C@H]2CCC[C@@H](Nc3ncc(C(F)(F)F)cn3)C2)nc2cc(Br)ccc21. The summed E-state index contributed by atoms with van der Waals surface area (Å²) in [5.41, 5.74) is 1.19. The van der Waals surface area contributed by atoms with Crippen LogP contribution < -0.4 is 5.32 Å². The van der Waals surface area contributed by atoms with Crippen molar-refractivity contribution in [3.63, 3.8) is 0 Å². The molecule has 1 aliphatic carbocycles. The maximum atomic E-state index is 12.7.